The van der Waals surface area contributed by atoms with Gasteiger partial charge in [-0.2, -0.15) is 5.26 Å². The highest BCUT2D eigenvalue weighted by Gasteiger charge is 2.16. The number of nitriles is 1. The van der Waals surface area contributed by atoms with Gasteiger partial charge >= 0.3 is 0 Å². The molecular weight excluding hydrogens is 398 g/mol. The molecular formula is C26H21N5O. The van der Waals surface area contributed by atoms with Crippen LogP contribution in [0.4, 0.5) is 0 Å². The Labute approximate surface area is 186 Å². The van der Waals surface area contributed by atoms with Crippen LogP contribution in [-0.4, -0.2) is 20.9 Å². The molecule has 0 aliphatic heterocycles. The molecule has 0 bridgehead atoms. The number of carbonyl (C=O) groups excluding carboxylic acids is 1. The second-order valence-corrected chi connectivity index (χ2v) is 7.43. The number of hydrogen-bond acceptors (Lipinski definition) is 5. The average Bonchev–Trinajstić information content (AvgIpc) is 2.84. The van der Waals surface area contributed by atoms with Crippen molar-refractivity contribution >= 4 is 5.91 Å². The van der Waals surface area contributed by atoms with Crippen LogP contribution in [0, 0.1) is 18.3 Å². The fourth-order valence-corrected chi connectivity index (χ4v) is 3.42. The van der Waals surface area contributed by atoms with Crippen LogP contribution >= 0.6 is 0 Å². The molecule has 0 fully saturated rings. The van der Waals surface area contributed by atoms with Crippen molar-refractivity contribution in [1.29, 1.82) is 5.26 Å². The summed E-state index contributed by atoms with van der Waals surface area (Å²) in [6.45, 7) is 3.71. The van der Waals surface area contributed by atoms with Gasteiger partial charge in [0.2, 0.25) is 0 Å². The van der Waals surface area contributed by atoms with Crippen molar-refractivity contribution in [1.82, 2.24) is 20.3 Å². The summed E-state index contributed by atoms with van der Waals surface area (Å²) in [5, 5.41) is 12.6. The van der Waals surface area contributed by atoms with Crippen LogP contribution in [0.15, 0.2) is 79.3 Å². The Morgan fingerprint density at radius 2 is 1.69 bits per heavy atom. The number of aryl methyl sites for hydroxylation is 1. The number of benzene rings is 2. The molecule has 32 heavy (non-hydrogen) atoms. The Morgan fingerprint density at radius 3 is 2.41 bits per heavy atom. The van der Waals surface area contributed by atoms with Gasteiger partial charge in [0.15, 0.2) is 0 Å². The Morgan fingerprint density at radius 1 is 0.969 bits per heavy atom. The first-order valence-corrected chi connectivity index (χ1v) is 10.2. The summed E-state index contributed by atoms with van der Waals surface area (Å²) < 4.78 is 0. The summed E-state index contributed by atoms with van der Waals surface area (Å²) in [4.78, 5) is 26.0. The minimum atomic E-state index is -0.267. The number of carbonyl (C=O) groups is 1. The van der Waals surface area contributed by atoms with E-state index in [-0.39, 0.29) is 11.9 Å². The van der Waals surface area contributed by atoms with Crippen molar-refractivity contribution in [2.45, 2.75) is 19.9 Å². The van der Waals surface area contributed by atoms with E-state index in [1.54, 1.807) is 30.7 Å². The number of hydrogen-bond donors (Lipinski definition) is 1. The van der Waals surface area contributed by atoms with Crippen molar-refractivity contribution in [3.05, 3.63) is 102 Å². The van der Waals surface area contributed by atoms with Crippen LogP contribution in [-0.2, 0) is 0 Å². The van der Waals surface area contributed by atoms with E-state index in [1.807, 2.05) is 62.4 Å². The summed E-state index contributed by atoms with van der Waals surface area (Å²) in [7, 11) is 0. The van der Waals surface area contributed by atoms with Crippen molar-refractivity contribution in [3.8, 4) is 28.5 Å². The molecule has 6 nitrogen and oxygen atoms in total. The van der Waals surface area contributed by atoms with Crippen LogP contribution in [0.2, 0.25) is 0 Å². The molecule has 1 amide bonds. The van der Waals surface area contributed by atoms with Crippen LogP contribution in [0.1, 0.15) is 40.3 Å². The summed E-state index contributed by atoms with van der Waals surface area (Å²) in [6, 6.07) is 20.5. The predicted octanol–water partition coefficient (Wildman–Crippen LogP) is 4.88. The molecule has 0 unspecified atom stereocenters. The standard InChI is InChI=1S/C26H21N5O/c1-17(23-15-29-18(2)30-16-23)31-26(32)22-12-20(24-8-4-3-7-19(24)14-27)11-21(13-22)25-9-5-6-10-28-25/h3-13,15-17H,1-2H3,(H,31,32)/t17-/m1/s1. The number of nitrogens with zero attached hydrogens (tertiary/aromatic N) is 4. The van der Waals surface area contributed by atoms with Crippen molar-refractivity contribution in [2.24, 2.45) is 0 Å². The summed E-state index contributed by atoms with van der Waals surface area (Å²) >= 11 is 0. The van der Waals surface area contributed by atoms with E-state index < -0.39 is 0 Å². The molecule has 1 N–H and O–H groups in total. The first-order valence-electron chi connectivity index (χ1n) is 10.2. The molecule has 0 aliphatic carbocycles. The van der Waals surface area contributed by atoms with Crippen LogP contribution in [0.25, 0.3) is 22.4 Å². The topological polar surface area (TPSA) is 91.6 Å². The lowest BCUT2D eigenvalue weighted by atomic mass is 9.95. The van der Waals surface area contributed by atoms with Crippen LogP contribution in [0.3, 0.4) is 0 Å². The molecule has 0 radical (unpaired) electrons. The number of nitrogens with one attached hydrogen (secondary N) is 1. The number of rotatable bonds is 5. The highest BCUT2D eigenvalue weighted by molar-refractivity contribution is 5.97. The normalized spacial score (nSPS) is 11.4. The van der Waals surface area contributed by atoms with Gasteiger partial charge in [-0.3, -0.25) is 9.78 Å². The number of amides is 1. The lowest BCUT2D eigenvalue weighted by molar-refractivity contribution is 0.0940. The SMILES string of the molecule is Cc1ncc([C@@H](C)NC(=O)c2cc(-c3ccccn3)cc(-c3ccccc3C#N)c2)cn1. The van der Waals surface area contributed by atoms with Gasteiger partial charge in [-0.1, -0.05) is 24.3 Å². The number of aromatic nitrogens is 3. The van der Waals surface area contributed by atoms with Gasteiger partial charge in [0.25, 0.3) is 5.91 Å². The maximum Gasteiger partial charge on any atom is 0.251 e. The van der Waals surface area contributed by atoms with Crippen LogP contribution < -0.4 is 5.32 Å². The van der Waals surface area contributed by atoms with Gasteiger partial charge in [-0.15, -0.1) is 0 Å². The zero-order valence-corrected chi connectivity index (χ0v) is 17.8. The molecule has 0 saturated carbocycles. The average molecular weight is 419 g/mol. The quantitative estimate of drug-likeness (QED) is 0.498. The molecule has 2 heterocycles. The minimum absolute atomic E-state index is 0.230. The van der Waals surface area contributed by atoms with E-state index in [2.05, 4.69) is 26.3 Å². The molecule has 2 aromatic heterocycles. The van der Waals surface area contributed by atoms with Gasteiger partial charge < -0.3 is 5.32 Å². The highest BCUT2D eigenvalue weighted by atomic mass is 16.1. The predicted molar refractivity (Wildman–Crippen MR) is 122 cm³/mol. The van der Waals surface area contributed by atoms with Crippen LogP contribution in [0.5, 0.6) is 0 Å². The molecule has 6 heteroatoms. The van der Waals surface area contributed by atoms with Crippen molar-refractivity contribution < 1.29 is 4.79 Å². The molecule has 4 aromatic rings. The van der Waals surface area contributed by atoms with Gasteiger partial charge in [-0.25, -0.2) is 9.97 Å². The van der Waals surface area contributed by atoms with Crippen molar-refractivity contribution in [3.63, 3.8) is 0 Å². The fraction of sp³-hybridized carbons (Fsp3) is 0.115. The maximum absolute atomic E-state index is 13.2. The zero-order chi connectivity index (χ0) is 22.5. The first kappa shape index (κ1) is 20.9. The molecule has 4 rings (SSSR count). The lowest BCUT2D eigenvalue weighted by Gasteiger charge is -2.16. The Balaban J connectivity index is 1.74. The minimum Gasteiger partial charge on any atom is -0.345 e. The van der Waals surface area contributed by atoms with Crippen molar-refractivity contribution in [2.75, 3.05) is 0 Å². The third-order valence-corrected chi connectivity index (χ3v) is 5.16. The third-order valence-electron chi connectivity index (χ3n) is 5.16. The second kappa shape index (κ2) is 9.19. The van der Waals surface area contributed by atoms with E-state index >= 15 is 0 Å². The van der Waals surface area contributed by atoms with E-state index in [0.717, 1.165) is 27.9 Å². The first-order chi connectivity index (χ1) is 15.5. The van der Waals surface area contributed by atoms with Gasteiger partial charge in [0, 0.05) is 35.3 Å². The number of pyridine rings is 1. The van der Waals surface area contributed by atoms with Gasteiger partial charge in [0.1, 0.15) is 5.82 Å². The fourth-order valence-electron chi connectivity index (χ4n) is 3.42. The zero-order valence-electron chi connectivity index (χ0n) is 17.8. The second-order valence-electron chi connectivity index (χ2n) is 7.43. The Hall–Kier alpha value is -4.37. The largest absolute Gasteiger partial charge is 0.345 e. The highest BCUT2D eigenvalue weighted by Crippen LogP contribution is 2.29. The molecule has 2 aromatic carbocycles. The van der Waals surface area contributed by atoms with E-state index in [9.17, 15) is 10.1 Å². The summed E-state index contributed by atoms with van der Waals surface area (Å²) in [5.74, 6) is 0.447. The smallest absolute Gasteiger partial charge is 0.251 e. The van der Waals surface area contributed by atoms with Gasteiger partial charge in [-0.05, 0) is 61.4 Å². The molecule has 156 valence electrons. The summed E-state index contributed by atoms with van der Waals surface area (Å²) in [5.41, 5.74) is 4.94. The Kier molecular flexibility index (Phi) is 6.00. The van der Waals surface area contributed by atoms with E-state index in [1.165, 1.54) is 0 Å². The van der Waals surface area contributed by atoms with Gasteiger partial charge in [0.05, 0.1) is 23.4 Å². The Bertz CT molecular complexity index is 1290. The monoisotopic (exact) mass is 419 g/mol. The van der Waals surface area contributed by atoms with E-state index in [4.69, 9.17) is 0 Å². The van der Waals surface area contributed by atoms with E-state index in [0.29, 0.717) is 17.0 Å². The molecule has 0 saturated heterocycles. The molecule has 1 atom stereocenters. The summed E-state index contributed by atoms with van der Waals surface area (Å²) in [6.07, 6.45) is 5.14. The molecule has 0 aliphatic rings. The third kappa shape index (κ3) is 4.52. The lowest BCUT2D eigenvalue weighted by Crippen LogP contribution is -2.27. The maximum atomic E-state index is 13.2. The molecule has 0 spiro atoms.